The van der Waals surface area contributed by atoms with Crippen molar-refractivity contribution in [1.29, 1.82) is 0 Å². The van der Waals surface area contributed by atoms with Crippen molar-refractivity contribution >= 4 is 35.5 Å². The number of rotatable bonds is 10. The van der Waals surface area contributed by atoms with E-state index in [1.165, 1.54) is 24.4 Å². The van der Waals surface area contributed by atoms with Crippen molar-refractivity contribution in [3.8, 4) is 0 Å². The summed E-state index contributed by atoms with van der Waals surface area (Å²) in [6.07, 6.45) is 1.18. The summed E-state index contributed by atoms with van der Waals surface area (Å²) in [5.41, 5.74) is -0.214. The summed E-state index contributed by atoms with van der Waals surface area (Å²) in [6, 6.07) is 5.84. The minimum Gasteiger partial charge on any atom is -0.465 e. The number of ether oxygens (including phenoxy) is 2. The second-order valence-corrected chi connectivity index (χ2v) is 10.3. The van der Waals surface area contributed by atoms with Gasteiger partial charge in [-0.25, -0.2) is 13.6 Å². The number of thioether (sulfide) groups is 1. The molecule has 2 aliphatic rings. The van der Waals surface area contributed by atoms with E-state index in [2.05, 4.69) is 20.5 Å². The van der Waals surface area contributed by atoms with Crippen LogP contribution in [0.3, 0.4) is 0 Å². The third-order valence-corrected chi connectivity index (χ3v) is 7.81. The van der Waals surface area contributed by atoms with Gasteiger partial charge in [0.25, 0.3) is 0 Å². The lowest BCUT2D eigenvalue weighted by molar-refractivity contribution is -0.144. The van der Waals surface area contributed by atoms with Gasteiger partial charge in [0.05, 0.1) is 18.0 Å². The van der Waals surface area contributed by atoms with Crippen LogP contribution in [0.2, 0.25) is 0 Å². The summed E-state index contributed by atoms with van der Waals surface area (Å²) in [7, 11) is 0. The zero-order valence-corrected chi connectivity index (χ0v) is 21.9. The molecule has 1 aliphatic heterocycles. The first-order chi connectivity index (χ1) is 18.3. The monoisotopic (exact) mass is 549 g/mol. The molecule has 0 radical (unpaired) electrons. The predicted octanol–water partition coefficient (Wildman–Crippen LogP) is 3.96. The number of carbonyl (C=O) groups is 3. The Hall–Kier alpha value is -3.35. The third kappa shape index (κ3) is 5.87. The van der Waals surface area contributed by atoms with Gasteiger partial charge in [-0.3, -0.25) is 19.5 Å². The third-order valence-electron chi connectivity index (χ3n) is 6.50. The number of alkyl halides is 1. The van der Waals surface area contributed by atoms with E-state index in [1.54, 1.807) is 19.9 Å². The van der Waals surface area contributed by atoms with Crippen molar-refractivity contribution in [3.63, 3.8) is 0 Å². The van der Waals surface area contributed by atoms with Gasteiger partial charge in [0.2, 0.25) is 12.3 Å². The Bertz CT molecular complexity index is 1170. The van der Waals surface area contributed by atoms with Crippen LogP contribution >= 0.6 is 11.8 Å². The Labute approximate surface area is 222 Å². The van der Waals surface area contributed by atoms with Crippen molar-refractivity contribution in [3.05, 3.63) is 47.7 Å². The van der Waals surface area contributed by atoms with E-state index >= 15 is 0 Å². The Kier molecular flexibility index (Phi) is 8.75. The van der Waals surface area contributed by atoms with Crippen molar-refractivity contribution in [2.75, 3.05) is 18.1 Å². The van der Waals surface area contributed by atoms with E-state index in [-0.39, 0.29) is 31.1 Å². The molecular weight excluding hydrogens is 520 g/mol. The average Bonchev–Trinajstić information content (AvgIpc) is 3.26. The minimum atomic E-state index is -1.81. The normalized spacial score (nSPS) is 20.7. The summed E-state index contributed by atoms with van der Waals surface area (Å²) >= 11 is 1.03. The highest BCUT2D eigenvalue weighted by molar-refractivity contribution is 8.02. The number of halogens is 2. The van der Waals surface area contributed by atoms with E-state index < -0.39 is 46.2 Å². The standard InChI is InChI=1S/C25H29F2N5O5S/c1-3-7-17(27)37-24(35)32(14-25(11-6-12-25)20-15(26)8-5-13-28-20)18-10-9-16(30-31-18)22-29-21(33)19(38-22)23(34)36-4-2/h5,8-10,13,17,19,22H,3-4,6-7,11-12,14H2,1-2H3,(H,29,33). The number of pyridine rings is 1. The maximum Gasteiger partial charge on any atom is 0.418 e. The zero-order chi connectivity index (χ0) is 27.3. The smallest absolute Gasteiger partial charge is 0.418 e. The number of nitrogens with one attached hydrogen (secondary N) is 1. The summed E-state index contributed by atoms with van der Waals surface area (Å²) in [4.78, 5) is 42.7. The molecule has 0 aromatic carbocycles. The highest BCUT2D eigenvalue weighted by atomic mass is 32.2. The fourth-order valence-electron chi connectivity index (χ4n) is 4.43. The predicted molar refractivity (Wildman–Crippen MR) is 134 cm³/mol. The summed E-state index contributed by atoms with van der Waals surface area (Å²) in [6.45, 7) is 3.53. The second-order valence-electron chi connectivity index (χ2n) is 9.11. The lowest BCUT2D eigenvalue weighted by Gasteiger charge is -2.44. The molecule has 3 atom stereocenters. The first-order valence-electron chi connectivity index (χ1n) is 12.5. The Morgan fingerprint density at radius 3 is 2.66 bits per heavy atom. The van der Waals surface area contributed by atoms with Gasteiger partial charge in [0.15, 0.2) is 11.1 Å². The molecule has 0 spiro atoms. The first kappa shape index (κ1) is 27.7. The van der Waals surface area contributed by atoms with Gasteiger partial charge in [0, 0.05) is 24.6 Å². The summed E-state index contributed by atoms with van der Waals surface area (Å²) in [5, 5.41) is 9.28. The number of esters is 1. The van der Waals surface area contributed by atoms with E-state index in [4.69, 9.17) is 9.47 Å². The van der Waals surface area contributed by atoms with Gasteiger partial charge in [-0.1, -0.05) is 13.3 Å². The molecule has 4 rings (SSSR count). The Balaban J connectivity index is 1.58. The molecule has 13 heteroatoms. The molecule has 2 aromatic rings. The van der Waals surface area contributed by atoms with Crippen molar-refractivity contribution in [1.82, 2.24) is 20.5 Å². The lowest BCUT2D eigenvalue weighted by atomic mass is 9.66. The number of hydrogen-bond acceptors (Lipinski definition) is 9. The van der Waals surface area contributed by atoms with Crippen LogP contribution in [-0.4, -0.2) is 57.9 Å². The average molecular weight is 550 g/mol. The van der Waals surface area contributed by atoms with Gasteiger partial charge in [-0.2, -0.15) is 5.10 Å². The van der Waals surface area contributed by atoms with Gasteiger partial charge >= 0.3 is 12.1 Å². The largest absolute Gasteiger partial charge is 0.465 e. The van der Waals surface area contributed by atoms with E-state index in [1.807, 2.05) is 0 Å². The molecule has 1 saturated heterocycles. The Morgan fingerprint density at radius 2 is 2.05 bits per heavy atom. The zero-order valence-electron chi connectivity index (χ0n) is 21.1. The van der Waals surface area contributed by atoms with Crippen molar-refractivity contribution in [2.24, 2.45) is 0 Å². The molecule has 2 aromatic heterocycles. The topological polar surface area (TPSA) is 124 Å². The molecule has 38 heavy (non-hydrogen) atoms. The van der Waals surface area contributed by atoms with E-state index in [9.17, 15) is 23.2 Å². The SMILES string of the molecule is CCCC(F)OC(=O)N(CC1(c2ncccc2F)CCC1)c1ccc(C2NC(=O)C(C(=O)OCC)S2)nn1. The number of amides is 2. The molecule has 0 bridgehead atoms. The molecule has 2 amide bonds. The molecule has 1 aliphatic carbocycles. The quantitative estimate of drug-likeness (QED) is 0.346. The molecule has 3 unspecified atom stereocenters. The van der Waals surface area contributed by atoms with Crippen LogP contribution < -0.4 is 10.2 Å². The highest BCUT2D eigenvalue weighted by Crippen LogP contribution is 2.45. The molecule has 1 N–H and O–H groups in total. The van der Waals surface area contributed by atoms with Gasteiger partial charge in [0.1, 0.15) is 11.2 Å². The van der Waals surface area contributed by atoms with Crippen LogP contribution in [0.25, 0.3) is 0 Å². The number of carbonyl (C=O) groups excluding carboxylic acids is 3. The van der Waals surface area contributed by atoms with Gasteiger partial charge in [-0.05, 0) is 50.5 Å². The van der Waals surface area contributed by atoms with Crippen LogP contribution in [-0.2, 0) is 24.5 Å². The molecule has 3 heterocycles. The summed E-state index contributed by atoms with van der Waals surface area (Å²) in [5.74, 6) is -1.55. The first-order valence-corrected chi connectivity index (χ1v) is 13.4. The van der Waals surface area contributed by atoms with E-state index in [0.29, 0.717) is 25.0 Å². The molecular formula is C25H29F2N5O5S. The number of hydrogen-bond donors (Lipinski definition) is 1. The number of aromatic nitrogens is 3. The van der Waals surface area contributed by atoms with Gasteiger partial charge < -0.3 is 14.8 Å². The maximum atomic E-state index is 14.7. The fraction of sp³-hybridized carbons (Fsp3) is 0.520. The van der Waals surface area contributed by atoms with Crippen LogP contribution in [0, 0.1) is 5.82 Å². The van der Waals surface area contributed by atoms with Gasteiger partial charge in [-0.15, -0.1) is 16.9 Å². The number of anilines is 1. The molecule has 2 fully saturated rings. The van der Waals surface area contributed by atoms with E-state index in [0.717, 1.165) is 23.1 Å². The van der Waals surface area contributed by atoms with Crippen LogP contribution in [0.1, 0.15) is 62.7 Å². The summed E-state index contributed by atoms with van der Waals surface area (Å²) < 4.78 is 38.9. The Morgan fingerprint density at radius 1 is 1.26 bits per heavy atom. The lowest BCUT2D eigenvalue weighted by Crippen LogP contribution is -2.49. The maximum absolute atomic E-state index is 14.7. The second kappa shape index (κ2) is 12.0. The molecule has 10 nitrogen and oxygen atoms in total. The molecule has 204 valence electrons. The number of nitrogens with zero attached hydrogens (tertiary/aromatic N) is 4. The molecule has 1 saturated carbocycles. The van der Waals surface area contributed by atoms with Crippen molar-refractivity contribution in [2.45, 2.75) is 68.3 Å². The van der Waals surface area contributed by atoms with Crippen LogP contribution in [0.5, 0.6) is 0 Å². The van der Waals surface area contributed by atoms with Crippen LogP contribution in [0.15, 0.2) is 30.5 Å². The van der Waals surface area contributed by atoms with Crippen molar-refractivity contribution < 1.29 is 32.6 Å². The fourth-order valence-corrected chi connectivity index (χ4v) is 5.52. The van der Waals surface area contributed by atoms with Crippen LogP contribution in [0.4, 0.5) is 19.4 Å². The highest BCUT2D eigenvalue weighted by Gasteiger charge is 2.45. The minimum absolute atomic E-state index is 0.0322.